The molecule has 4 aliphatic carbocycles. The lowest BCUT2D eigenvalue weighted by Gasteiger charge is -2.56. The maximum atomic E-state index is 12.9. The summed E-state index contributed by atoms with van der Waals surface area (Å²) in [6, 6.07) is 9.24. The monoisotopic (exact) mass is 438 g/mol. The summed E-state index contributed by atoms with van der Waals surface area (Å²) in [4.78, 5) is 27.1. The molecule has 0 unspecified atom stereocenters. The average Bonchev–Trinajstić information content (AvgIpc) is 2.74. The van der Waals surface area contributed by atoms with E-state index in [1.54, 1.807) is 4.90 Å². The Morgan fingerprint density at radius 1 is 1.12 bits per heavy atom. The van der Waals surface area contributed by atoms with E-state index < -0.39 is 0 Å². The highest BCUT2D eigenvalue weighted by Crippen LogP contribution is 2.55. The Morgan fingerprint density at radius 3 is 2.31 bits per heavy atom. The maximum Gasteiger partial charge on any atom is 0.315 e. The van der Waals surface area contributed by atoms with Crippen molar-refractivity contribution in [2.24, 2.45) is 17.8 Å². The van der Waals surface area contributed by atoms with Crippen LogP contribution in [-0.2, 0) is 4.79 Å². The number of hydrogen-bond donors (Lipinski definition) is 2. The van der Waals surface area contributed by atoms with Crippen LogP contribution in [0.5, 0.6) is 5.75 Å². The van der Waals surface area contributed by atoms with Crippen molar-refractivity contribution in [1.82, 2.24) is 10.6 Å². The van der Waals surface area contributed by atoms with E-state index in [9.17, 15) is 9.59 Å². The number of carbonyl (C=O) groups is 2. The lowest BCUT2D eigenvalue weighted by molar-refractivity contribution is -0.118. The average molecular weight is 439 g/mol. The number of carbonyl (C=O) groups excluding carboxylic acids is 2. The van der Waals surface area contributed by atoms with Gasteiger partial charge in [-0.2, -0.15) is 5.26 Å². The largest absolute Gasteiger partial charge is 0.494 e. The number of amides is 3. The molecular weight excluding hydrogens is 404 g/mol. The number of rotatable bonds is 9. The molecule has 4 fully saturated rings. The van der Waals surface area contributed by atoms with Crippen molar-refractivity contribution in [2.45, 2.75) is 63.8 Å². The zero-order chi connectivity index (χ0) is 22.6. The summed E-state index contributed by atoms with van der Waals surface area (Å²) in [5.74, 6) is 2.94. The normalized spacial score (nSPS) is 27.4. The van der Waals surface area contributed by atoms with Crippen LogP contribution in [0.2, 0.25) is 0 Å². The number of anilines is 1. The van der Waals surface area contributed by atoms with Gasteiger partial charge in [-0.1, -0.05) is 0 Å². The summed E-state index contributed by atoms with van der Waals surface area (Å²) < 4.78 is 5.46. The Labute approximate surface area is 190 Å². The molecule has 0 atom stereocenters. The van der Waals surface area contributed by atoms with Crippen LogP contribution in [0.3, 0.4) is 0 Å². The fourth-order valence-electron chi connectivity index (χ4n) is 6.42. The highest BCUT2D eigenvalue weighted by Gasteiger charge is 2.51. The second kappa shape index (κ2) is 9.81. The standard InChI is InChI=1S/C25H34N4O3/c1-2-32-22-6-4-21(5-7-22)29(11-3-9-26)23(30)8-10-27-24(31)28-25-15-18-12-19(16-25)14-20(13-18)17-25/h4-7,18-20H,2-3,8,10-17H2,1H3,(H2,27,28,31). The van der Waals surface area contributed by atoms with Gasteiger partial charge in [-0.25, -0.2) is 4.79 Å². The van der Waals surface area contributed by atoms with Crippen LogP contribution in [0.1, 0.15) is 58.3 Å². The third kappa shape index (κ3) is 5.17. The lowest BCUT2D eigenvalue weighted by Crippen LogP contribution is -2.61. The summed E-state index contributed by atoms with van der Waals surface area (Å²) in [7, 11) is 0. The molecule has 4 saturated carbocycles. The minimum absolute atomic E-state index is 0.0377. The molecule has 0 aromatic heterocycles. The molecule has 4 aliphatic rings. The van der Waals surface area contributed by atoms with Gasteiger partial charge in [0.1, 0.15) is 5.75 Å². The molecule has 0 saturated heterocycles. The zero-order valence-corrected chi connectivity index (χ0v) is 18.9. The first kappa shape index (κ1) is 22.4. The van der Waals surface area contributed by atoms with E-state index >= 15 is 0 Å². The molecule has 3 amide bonds. The van der Waals surface area contributed by atoms with Crippen LogP contribution in [0.4, 0.5) is 10.5 Å². The van der Waals surface area contributed by atoms with E-state index in [2.05, 4.69) is 16.7 Å². The van der Waals surface area contributed by atoms with E-state index in [0.29, 0.717) is 13.2 Å². The summed E-state index contributed by atoms with van der Waals surface area (Å²) in [6.45, 7) is 3.09. The highest BCUT2D eigenvalue weighted by molar-refractivity contribution is 5.93. The number of ether oxygens (including phenoxy) is 1. The fraction of sp³-hybridized carbons (Fsp3) is 0.640. The lowest BCUT2D eigenvalue weighted by atomic mass is 9.53. The van der Waals surface area contributed by atoms with Crippen molar-refractivity contribution in [1.29, 1.82) is 5.26 Å². The van der Waals surface area contributed by atoms with Gasteiger partial charge < -0.3 is 20.3 Å². The Hall–Kier alpha value is -2.75. The second-order valence-electron chi connectivity index (χ2n) is 9.71. The van der Waals surface area contributed by atoms with Gasteiger partial charge in [0.25, 0.3) is 0 Å². The van der Waals surface area contributed by atoms with E-state index in [1.807, 2.05) is 31.2 Å². The number of nitrogens with one attached hydrogen (secondary N) is 2. The molecule has 4 bridgehead atoms. The van der Waals surface area contributed by atoms with E-state index in [0.717, 1.165) is 48.5 Å². The van der Waals surface area contributed by atoms with E-state index in [4.69, 9.17) is 10.00 Å². The van der Waals surface area contributed by atoms with Crippen molar-refractivity contribution in [3.8, 4) is 11.8 Å². The summed E-state index contributed by atoms with van der Waals surface area (Å²) in [5, 5.41) is 15.2. The van der Waals surface area contributed by atoms with Gasteiger partial charge in [0.05, 0.1) is 19.1 Å². The number of hydrogen-bond acceptors (Lipinski definition) is 4. The first-order valence-electron chi connectivity index (χ1n) is 12.0. The van der Waals surface area contributed by atoms with Gasteiger partial charge in [0.2, 0.25) is 5.91 Å². The van der Waals surface area contributed by atoms with Crippen molar-refractivity contribution < 1.29 is 14.3 Å². The van der Waals surface area contributed by atoms with Gasteiger partial charge in [-0.05, 0) is 87.5 Å². The Bertz CT molecular complexity index is 826. The molecule has 1 aromatic carbocycles. The van der Waals surface area contributed by atoms with Crippen LogP contribution in [0.25, 0.3) is 0 Å². The molecule has 1 aromatic rings. The van der Waals surface area contributed by atoms with Crippen LogP contribution >= 0.6 is 0 Å². The molecule has 32 heavy (non-hydrogen) atoms. The topological polar surface area (TPSA) is 94.5 Å². The minimum Gasteiger partial charge on any atom is -0.494 e. The van der Waals surface area contributed by atoms with Gasteiger partial charge in [-0.15, -0.1) is 0 Å². The molecule has 0 aliphatic heterocycles. The highest BCUT2D eigenvalue weighted by atomic mass is 16.5. The second-order valence-corrected chi connectivity index (χ2v) is 9.71. The molecule has 172 valence electrons. The van der Waals surface area contributed by atoms with E-state index in [1.165, 1.54) is 19.3 Å². The first-order valence-corrected chi connectivity index (χ1v) is 12.0. The molecule has 5 rings (SSSR count). The molecule has 0 radical (unpaired) electrons. The van der Waals surface area contributed by atoms with E-state index in [-0.39, 0.29) is 36.9 Å². The SMILES string of the molecule is CCOc1ccc(N(CCC#N)C(=O)CCNC(=O)NC23CC4CC(CC(C4)C2)C3)cc1. The van der Waals surface area contributed by atoms with Gasteiger partial charge >= 0.3 is 6.03 Å². The Kier molecular flexibility index (Phi) is 6.88. The van der Waals surface area contributed by atoms with Gasteiger partial charge in [-0.3, -0.25) is 4.79 Å². The molecule has 7 heteroatoms. The predicted octanol–water partition coefficient (Wildman–Crippen LogP) is 3.99. The third-order valence-corrected chi connectivity index (χ3v) is 7.25. The zero-order valence-electron chi connectivity index (χ0n) is 18.9. The van der Waals surface area contributed by atoms with Crippen molar-refractivity contribution in [3.63, 3.8) is 0 Å². The molecule has 0 spiro atoms. The van der Waals surface area contributed by atoms with Gasteiger partial charge in [0, 0.05) is 30.7 Å². The predicted molar refractivity (Wildman–Crippen MR) is 122 cm³/mol. The van der Waals surface area contributed by atoms with Crippen LogP contribution < -0.4 is 20.3 Å². The van der Waals surface area contributed by atoms with Crippen LogP contribution in [0, 0.1) is 29.1 Å². The Balaban J connectivity index is 1.28. The van der Waals surface area contributed by atoms with Crippen molar-refractivity contribution in [3.05, 3.63) is 24.3 Å². The fourth-order valence-corrected chi connectivity index (χ4v) is 6.42. The molecule has 2 N–H and O–H groups in total. The number of urea groups is 1. The summed E-state index contributed by atoms with van der Waals surface area (Å²) >= 11 is 0. The number of nitrogens with zero attached hydrogens (tertiary/aromatic N) is 2. The summed E-state index contributed by atoms with van der Waals surface area (Å²) in [5.41, 5.74) is 0.691. The quantitative estimate of drug-likeness (QED) is 0.609. The molecule has 0 heterocycles. The summed E-state index contributed by atoms with van der Waals surface area (Å²) in [6.07, 6.45) is 7.75. The van der Waals surface area contributed by atoms with Crippen molar-refractivity contribution in [2.75, 3.05) is 24.6 Å². The number of nitriles is 1. The van der Waals surface area contributed by atoms with Crippen LogP contribution in [-0.4, -0.2) is 37.2 Å². The molecular formula is C25H34N4O3. The van der Waals surface area contributed by atoms with Gasteiger partial charge in [0.15, 0.2) is 0 Å². The first-order chi connectivity index (χ1) is 15.5. The van der Waals surface area contributed by atoms with Crippen LogP contribution in [0.15, 0.2) is 24.3 Å². The Morgan fingerprint density at radius 2 is 1.75 bits per heavy atom. The third-order valence-electron chi connectivity index (χ3n) is 7.25. The minimum atomic E-state index is -0.163. The molecule has 7 nitrogen and oxygen atoms in total. The number of benzene rings is 1. The smallest absolute Gasteiger partial charge is 0.315 e. The maximum absolute atomic E-state index is 12.9. The van der Waals surface area contributed by atoms with Crippen molar-refractivity contribution >= 4 is 17.6 Å².